The molecule has 0 aliphatic heterocycles. The van der Waals surface area contributed by atoms with Gasteiger partial charge in [-0.1, -0.05) is 13.8 Å². The molecule has 0 saturated carbocycles. The summed E-state index contributed by atoms with van der Waals surface area (Å²) in [7, 11) is -4.25. The third kappa shape index (κ3) is 15.7. The Labute approximate surface area is 140 Å². The summed E-state index contributed by atoms with van der Waals surface area (Å²) in [5.41, 5.74) is -9.72. The molecule has 0 bridgehead atoms. The topological polar surface area (TPSA) is 46.0 Å². The molecule has 0 spiro atoms. The van der Waals surface area contributed by atoms with E-state index in [1.807, 2.05) is 19.1 Å². The van der Waals surface area contributed by atoms with Gasteiger partial charge in [-0.25, -0.2) is 0 Å². The highest BCUT2D eigenvalue weighted by Crippen LogP contribution is 2.33. The van der Waals surface area contributed by atoms with Crippen LogP contribution in [0.4, 0.5) is 26.3 Å². The zero-order chi connectivity index (χ0) is 19.2. The highest BCUT2D eigenvalue weighted by Gasteiger charge is 2.50. The maximum atomic E-state index is 11.0. The van der Waals surface area contributed by atoms with E-state index in [0.29, 0.717) is 0 Å². The van der Waals surface area contributed by atoms with Gasteiger partial charge in [0.05, 0.1) is 0 Å². The zero-order valence-electron chi connectivity index (χ0n) is 13.7. The fraction of sp³-hybridized carbons (Fsp3) is 0.643. The van der Waals surface area contributed by atoms with Crippen molar-refractivity contribution in [2.45, 2.75) is 44.6 Å². The van der Waals surface area contributed by atoms with Crippen LogP contribution in [-0.2, 0) is 15.4 Å². The second-order valence-corrected chi connectivity index (χ2v) is 5.87. The molecular formula is C14H22F6N2OS. The summed E-state index contributed by atoms with van der Waals surface area (Å²) in [4.78, 5) is 3.85. The van der Waals surface area contributed by atoms with Gasteiger partial charge in [-0.15, -0.1) is 0 Å². The standard InChI is InChI=1S/C6H7N.C6H14O.C2HF6NS/c1-6-2-4-7-5-3-6;1-3-5-7-6-4-2;3-1(4,5)10(9)2(6,7)8/h2-5H,1H3;3-6H2,1-2H3;9H. The number of rotatable bonds is 4. The van der Waals surface area contributed by atoms with E-state index in [2.05, 4.69) is 18.8 Å². The first-order valence-corrected chi connectivity index (χ1v) is 8.22. The molecule has 1 aromatic rings. The lowest BCUT2D eigenvalue weighted by atomic mass is 10.3. The summed E-state index contributed by atoms with van der Waals surface area (Å²) in [5.74, 6) is 0. The number of alkyl halides is 6. The summed E-state index contributed by atoms with van der Waals surface area (Å²) in [6.45, 7) is 8.13. The van der Waals surface area contributed by atoms with Gasteiger partial charge >= 0.3 is 11.0 Å². The number of aromatic nitrogens is 1. The van der Waals surface area contributed by atoms with E-state index in [1.165, 1.54) is 5.56 Å². The quantitative estimate of drug-likeness (QED) is 0.544. The van der Waals surface area contributed by atoms with Crippen molar-refractivity contribution in [1.29, 1.82) is 4.78 Å². The molecule has 3 nitrogen and oxygen atoms in total. The van der Waals surface area contributed by atoms with Gasteiger partial charge in [0, 0.05) is 25.6 Å². The number of hydrogen-bond donors (Lipinski definition) is 1. The van der Waals surface area contributed by atoms with E-state index in [0.717, 1.165) is 26.1 Å². The molecular weight excluding hydrogens is 358 g/mol. The van der Waals surface area contributed by atoms with Gasteiger partial charge in [-0.2, -0.15) is 26.3 Å². The molecule has 24 heavy (non-hydrogen) atoms. The van der Waals surface area contributed by atoms with Crippen LogP contribution in [0.1, 0.15) is 32.3 Å². The minimum Gasteiger partial charge on any atom is -0.381 e. The first kappa shape index (κ1) is 25.1. The first-order chi connectivity index (χ1) is 11.0. The third-order valence-corrected chi connectivity index (χ3v) is 2.93. The Morgan fingerprint density at radius 1 is 0.958 bits per heavy atom. The van der Waals surface area contributed by atoms with Gasteiger partial charge in [0.25, 0.3) is 0 Å². The molecule has 1 N–H and O–H groups in total. The van der Waals surface area contributed by atoms with Gasteiger partial charge in [-0.3, -0.25) is 9.76 Å². The van der Waals surface area contributed by atoms with Crippen LogP contribution in [0.2, 0.25) is 0 Å². The summed E-state index contributed by atoms with van der Waals surface area (Å²) >= 11 is 0. The van der Waals surface area contributed by atoms with E-state index in [4.69, 9.17) is 9.52 Å². The number of pyridine rings is 1. The van der Waals surface area contributed by atoms with Crippen molar-refractivity contribution in [2.75, 3.05) is 13.2 Å². The molecule has 0 amide bonds. The summed E-state index contributed by atoms with van der Waals surface area (Å²) in [6.07, 6.45) is 5.85. The van der Waals surface area contributed by atoms with E-state index in [-0.39, 0.29) is 0 Å². The van der Waals surface area contributed by atoms with Crippen molar-refractivity contribution in [3.63, 3.8) is 0 Å². The Morgan fingerprint density at radius 2 is 1.33 bits per heavy atom. The lowest BCUT2D eigenvalue weighted by Crippen LogP contribution is -2.28. The van der Waals surface area contributed by atoms with Crippen LogP contribution in [0, 0.1) is 11.7 Å². The minimum absolute atomic E-state index is 0.924. The van der Waals surface area contributed by atoms with Gasteiger partial charge in [0.2, 0.25) is 0 Å². The fourth-order valence-corrected chi connectivity index (χ4v) is 1.21. The van der Waals surface area contributed by atoms with Crippen molar-refractivity contribution in [3.8, 4) is 0 Å². The van der Waals surface area contributed by atoms with Crippen LogP contribution >= 0.6 is 0 Å². The molecule has 1 heterocycles. The number of halogens is 6. The van der Waals surface area contributed by atoms with Crippen molar-refractivity contribution < 1.29 is 31.1 Å². The van der Waals surface area contributed by atoms with Gasteiger partial charge in [0.1, 0.15) is 10.7 Å². The molecule has 0 aliphatic rings. The molecule has 0 aliphatic carbocycles. The maximum Gasteiger partial charge on any atom is 0.460 e. The summed E-state index contributed by atoms with van der Waals surface area (Å²) in [5, 5.41) is 0. The molecule has 10 heteroatoms. The highest BCUT2D eigenvalue weighted by molar-refractivity contribution is 7.87. The average molecular weight is 380 g/mol. The molecule has 142 valence electrons. The zero-order valence-corrected chi connectivity index (χ0v) is 14.5. The Hall–Kier alpha value is -1.16. The molecule has 0 aromatic carbocycles. The van der Waals surface area contributed by atoms with Gasteiger partial charge < -0.3 is 4.74 Å². The molecule has 1 aromatic heterocycles. The maximum absolute atomic E-state index is 11.0. The Kier molecular flexibility index (Phi) is 13.8. The smallest absolute Gasteiger partial charge is 0.381 e. The van der Waals surface area contributed by atoms with Crippen LogP contribution in [0.3, 0.4) is 0 Å². The van der Waals surface area contributed by atoms with Crippen molar-refractivity contribution in [3.05, 3.63) is 30.1 Å². The molecule has 0 saturated heterocycles. The Balaban J connectivity index is 0. The summed E-state index contributed by atoms with van der Waals surface area (Å²) < 4.78 is 77.1. The molecule has 0 fully saturated rings. The summed E-state index contributed by atoms with van der Waals surface area (Å²) in [6, 6.07) is 3.94. The Morgan fingerprint density at radius 3 is 1.50 bits per heavy atom. The lowest BCUT2D eigenvalue weighted by molar-refractivity contribution is -0.0754. The van der Waals surface area contributed by atoms with Crippen LogP contribution < -0.4 is 0 Å². The number of hydrogen-bond acceptors (Lipinski definition) is 3. The first-order valence-electron chi connectivity index (χ1n) is 7.00. The second kappa shape index (κ2) is 13.2. The van der Waals surface area contributed by atoms with E-state index in [9.17, 15) is 26.3 Å². The number of nitrogens with one attached hydrogen (secondary N) is 1. The van der Waals surface area contributed by atoms with Crippen LogP contribution in [-0.4, -0.2) is 29.2 Å². The van der Waals surface area contributed by atoms with E-state index >= 15 is 0 Å². The van der Waals surface area contributed by atoms with Crippen LogP contribution in [0.25, 0.3) is 0 Å². The minimum atomic E-state index is -5.49. The average Bonchev–Trinajstić information content (AvgIpc) is 2.47. The van der Waals surface area contributed by atoms with Crippen LogP contribution in [0.15, 0.2) is 24.5 Å². The largest absolute Gasteiger partial charge is 0.460 e. The van der Waals surface area contributed by atoms with Gasteiger partial charge in [0.15, 0.2) is 0 Å². The molecule has 1 rings (SSSR count). The van der Waals surface area contributed by atoms with Crippen LogP contribution in [0.5, 0.6) is 0 Å². The predicted octanol–water partition coefficient (Wildman–Crippen LogP) is 5.62. The van der Waals surface area contributed by atoms with E-state index < -0.39 is 21.7 Å². The van der Waals surface area contributed by atoms with Crippen molar-refractivity contribution >= 4 is 10.7 Å². The van der Waals surface area contributed by atoms with Crippen molar-refractivity contribution in [2.24, 2.45) is 0 Å². The molecule has 0 atom stereocenters. The van der Waals surface area contributed by atoms with Gasteiger partial charge in [-0.05, 0) is 37.5 Å². The predicted molar refractivity (Wildman–Crippen MR) is 82.6 cm³/mol. The second-order valence-electron chi connectivity index (χ2n) is 4.33. The normalized spacial score (nSPS) is 11.2. The number of ether oxygens (including phenoxy) is 1. The molecule has 0 radical (unpaired) electrons. The third-order valence-electron chi connectivity index (χ3n) is 2.01. The monoisotopic (exact) mass is 380 g/mol. The van der Waals surface area contributed by atoms with Crippen molar-refractivity contribution in [1.82, 2.24) is 4.98 Å². The lowest BCUT2D eigenvalue weighted by Gasteiger charge is -2.11. The molecule has 0 unspecified atom stereocenters. The Bertz CT molecular complexity index is 417. The van der Waals surface area contributed by atoms with E-state index in [1.54, 1.807) is 12.4 Å². The number of aryl methyl sites for hydroxylation is 1. The SMILES string of the molecule is CCCOCCC.Cc1ccncc1.N=S(C(F)(F)F)C(F)(F)F. The highest BCUT2D eigenvalue weighted by atomic mass is 32.2. The number of nitrogens with zero attached hydrogens (tertiary/aromatic N) is 1. The fourth-order valence-electron chi connectivity index (χ4n) is 0.948.